The molecule has 0 saturated heterocycles. The molecule has 1 atom stereocenters. The number of benzene rings is 2. The number of carboxylic acid groups (broad SMARTS) is 1. The molecule has 0 unspecified atom stereocenters. The summed E-state index contributed by atoms with van der Waals surface area (Å²) in [5.41, 5.74) is 4.86. The predicted octanol–water partition coefficient (Wildman–Crippen LogP) is 5.64. The van der Waals surface area contributed by atoms with E-state index < -0.39 is 22.1 Å². The molecule has 0 radical (unpaired) electrons. The molecular weight excluding hydrogens is 436 g/mol. The van der Waals surface area contributed by atoms with E-state index in [-0.39, 0.29) is 5.69 Å². The molecule has 1 aliphatic rings. The maximum absolute atomic E-state index is 13.0. The van der Waals surface area contributed by atoms with Crippen molar-refractivity contribution in [2.24, 2.45) is 0 Å². The summed E-state index contributed by atoms with van der Waals surface area (Å²) in [6.07, 6.45) is 0. The molecule has 7 heteroatoms. The van der Waals surface area contributed by atoms with Gasteiger partial charge in [0.25, 0.3) is 0 Å². The minimum absolute atomic E-state index is 0.0127. The number of rotatable bonds is 4. The average molecular weight is 461 g/mol. The molecule has 4 aromatic rings. The fourth-order valence-corrected chi connectivity index (χ4v) is 5.44. The van der Waals surface area contributed by atoms with Crippen LogP contribution in [0.25, 0.3) is 33.6 Å². The highest BCUT2D eigenvalue weighted by molar-refractivity contribution is 7.90. The van der Waals surface area contributed by atoms with Crippen LogP contribution in [-0.2, 0) is 24.5 Å². The van der Waals surface area contributed by atoms with Gasteiger partial charge in [-0.1, -0.05) is 36.4 Å². The van der Waals surface area contributed by atoms with Crippen LogP contribution in [0.4, 0.5) is 0 Å². The monoisotopic (exact) mass is 460 g/mol. The van der Waals surface area contributed by atoms with Crippen molar-refractivity contribution in [3.05, 3.63) is 77.5 Å². The quantitative estimate of drug-likeness (QED) is 0.397. The number of fused-ring (bicyclic) bond motifs is 2. The molecule has 168 valence electrons. The lowest BCUT2D eigenvalue weighted by Gasteiger charge is -2.29. The first-order chi connectivity index (χ1) is 15.7. The van der Waals surface area contributed by atoms with E-state index in [1.807, 2.05) is 79.7 Å². The van der Waals surface area contributed by atoms with Gasteiger partial charge >= 0.3 is 5.97 Å². The number of aromatic carboxylic acids is 1. The molecule has 0 aliphatic carbocycles. The summed E-state index contributed by atoms with van der Waals surface area (Å²) >= 11 is -1.22. The van der Waals surface area contributed by atoms with Gasteiger partial charge in [0.15, 0.2) is 0 Å². The Hall–Kier alpha value is -3.13. The molecule has 1 aliphatic heterocycles. The number of hydrogen-bond acceptors (Lipinski definition) is 5. The van der Waals surface area contributed by atoms with Crippen LogP contribution in [0.5, 0.6) is 0 Å². The SMILES string of the molecule is CC(C)(C)[S@+]([O-])N1Cc2cc(C(=O)O)nc(-c3cccc(-c4cc5ccccc5o4)c3)c2C1. The molecule has 0 saturated carbocycles. The van der Waals surface area contributed by atoms with Gasteiger partial charge in [-0.2, -0.15) is 0 Å². The third kappa shape index (κ3) is 4.04. The van der Waals surface area contributed by atoms with Crippen LogP contribution in [0.2, 0.25) is 0 Å². The second-order valence-electron chi connectivity index (χ2n) is 9.19. The average Bonchev–Trinajstić information content (AvgIpc) is 3.41. The van der Waals surface area contributed by atoms with Crippen molar-refractivity contribution >= 4 is 28.3 Å². The van der Waals surface area contributed by atoms with Crippen molar-refractivity contribution in [2.45, 2.75) is 38.6 Å². The molecule has 3 heterocycles. The lowest BCUT2D eigenvalue weighted by molar-refractivity contribution is 0.0690. The Morgan fingerprint density at radius 3 is 2.55 bits per heavy atom. The van der Waals surface area contributed by atoms with Gasteiger partial charge in [-0.25, -0.2) is 9.78 Å². The van der Waals surface area contributed by atoms with Crippen LogP contribution in [0.1, 0.15) is 42.4 Å². The van der Waals surface area contributed by atoms with E-state index in [1.165, 1.54) is 0 Å². The van der Waals surface area contributed by atoms with E-state index in [2.05, 4.69) is 4.98 Å². The van der Waals surface area contributed by atoms with Gasteiger partial charge in [0, 0.05) is 33.4 Å². The number of aromatic nitrogens is 1. The maximum atomic E-state index is 13.0. The second kappa shape index (κ2) is 8.02. The van der Waals surface area contributed by atoms with Crippen LogP contribution in [-0.4, -0.2) is 29.7 Å². The normalized spacial score (nSPS) is 15.0. The highest BCUT2D eigenvalue weighted by Crippen LogP contribution is 2.37. The predicted molar refractivity (Wildman–Crippen MR) is 129 cm³/mol. The first-order valence-corrected chi connectivity index (χ1v) is 11.8. The van der Waals surface area contributed by atoms with Gasteiger partial charge in [-0.15, -0.1) is 4.31 Å². The maximum Gasteiger partial charge on any atom is 0.354 e. The third-order valence-electron chi connectivity index (χ3n) is 5.72. The van der Waals surface area contributed by atoms with Gasteiger partial charge in [0.05, 0.1) is 18.8 Å². The Morgan fingerprint density at radius 2 is 1.82 bits per heavy atom. The van der Waals surface area contributed by atoms with E-state index in [0.717, 1.165) is 39.0 Å². The largest absolute Gasteiger partial charge is 0.597 e. The number of nitrogens with zero attached hydrogens (tertiary/aromatic N) is 2. The van der Waals surface area contributed by atoms with Crippen molar-refractivity contribution in [3.8, 4) is 22.6 Å². The summed E-state index contributed by atoms with van der Waals surface area (Å²) in [6.45, 7) is 6.69. The smallest absolute Gasteiger partial charge is 0.354 e. The zero-order valence-electron chi connectivity index (χ0n) is 18.7. The molecule has 0 fully saturated rings. The number of furan rings is 1. The number of hydrogen-bond donors (Lipinski definition) is 1. The Morgan fingerprint density at radius 1 is 1.06 bits per heavy atom. The fourth-order valence-electron chi connectivity index (χ4n) is 4.16. The number of carbonyl (C=O) groups is 1. The number of para-hydroxylation sites is 1. The van der Waals surface area contributed by atoms with Gasteiger partial charge in [0.1, 0.15) is 21.8 Å². The molecule has 0 bridgehead atoms. The van der Waals surface area contributed by atoms with Crippen LogP contribution in [0.15, 0.2) is 65.1 Å². The van der Waals surface area contributed by atoms with Crippen LogP contribution in [0, 0.1) is 0 Å². The summed E-state index contributed by atoms with van der Waals surface area (Å²) in [7, 11) is 0. The van der Waals surface area contributed by atoms with Crippen molar-refractivity contribution in [2.75, 3.05) is 0 Å². The van der Waals surface area contributed by atoms with E-state index in [4.69, 9.17) is 4.42 Å². The molecule has 33 heavy (non-hydrogen) atoms. The number of pyridine rings is 1. The molecule has 1 N–H and O–H groups in total. The summed E-state index contributed by atoms with van der Waals surface area (Å²) in [6, 6.07) is 19.2. The molecule has 0 amide bonds. The Balaban J connectivity index is 1.59. The van der Waals surface area contributed by atoms with Crippen molar-refractivity contribution < 1.29 is 18.9 Å². The molecule has 5 rings (SSSR count). The Bertz CT molecular complexity index is 1340. The molecule has 2 aromatic heterocycles. The summed E-state index contributed by atoms with van der Waals surface area (Å²) in [4.78, 5) is 16.3. The zero-order valence-corrected chi connectivity index (χ0v) is 19.5. The van der Waals surface area contributed by atoms with Crippen molar-refractivity contribution in [1.82, 2.24) is 9.29 Å². The standard InChI is InChI=1S/C26H24N2O4S/c1-26(2,3)33(31)28-14-19-12-21(25(29)30)27-24(20(19)15-28)18-9-6-8-16(11-18)23-13-17-7-4-5-10-22(17)32-23/h4-13H,14-15H2,1-3H3,(H,29,30)/t33-/m0/s1. The highest BCUT2D eigenvalue weighted by Gasteiger charge is 2.38. The molecular formula is C26H24N2O4S. The van der Waals surface area contributed by atoms with Gasteiger partial charge in [-0.05, 0) is 50.6 Å². The van der Waals surface area contributed by atoms with Crippen molar-refractivity contribution in [3.63, 3.8) is 0 Å². The first kappa shape index (κ1) is 21.7. The highest BCUT2D eigenvalue weighted by atomic mass is 32.2. The Kier molecular flexibility index (Phi) is 5.28. The fraction of sp³-hybridized carbons (Fsp3) is 0.231. The minimum atomic E-state index is -1.22. The summed E-state index contributed by atoms with van der Waals surface area (Å²) in [5, 5.41) is 10.7. The second-order valence-corrected chi connectivity index (χ2v) is 11.4. The van der Waals surface area contributed by atoms with E-state index in [9.17, 15) is 14.5 Å². The molecule has 6 nitrogen and oxygen atoms in total. The zero-order chi connectivity index (χ0) is 23.3. The van der Waals surface area contributed by atoms with Crippen LogP contribution >= 0.6 is 0 Å². The lowest BCUT2D eigenvalue weighted by atomic mass is 9.99. The van der Waals surface area contributed by atoms with Gasteiger partial charge in [-0.3, -0.25) is 0 Å². The molecule has 2 aromatic carbocycles. The summed E-state index contributed by atoms with van der Waals surface area (Å²) in [5.74, 6) is -0.345. The van der Waals surface area contributed by atoms with Gasteiger partial charge in [0.2, 0.25) is 0 Å². The van der Waals surface area contributed by atoms with Crippen LogP contribution < -0.4 is 0 Å². The summed E-state index contributed by atoms with van der Waals surface area (Å²) < 4.78 is 20.5. The van der Waals surface area contributed by atoms with Gasteiger partial charge < -0.3 is 14.1 Å². The Labute approximate surface area is 195 Å². The van der Waals surface area contributed by atoms with Crippen LogP contribution in [0.3, 0.4) is 0 Å². The lowest BCUT2D eigenvalue weighted by Crippen LogP contribution is -2.40. The third-order valence-corrected chi connectivity index (χ3v) is 7.50. The topological polar surface area (TPSA) is 89.6 Å². The van der Waals surface area contributed by atoms with E-state index in [0.29, 0.717) is 18.8 Å². The minimum Gasteiger partial charge on any atom is -0.597 e. The molecule has 0 spiro atoms. The first-order valence-electron chi connectivity index (χ1n) is 10.7. The van der Waals surface area contributed by atoms with E-state index in [1.54, 1.807) is 6.07 Å². The number of carboxylic acids is 1. The van der Waals surface area contributed by atoms with E-state index >= 15 is 0 Å². The van der Waals surface area contributed by atoms with Crippen molar-refractivity contribution in [1.29, 1.82) is 0 Å².